The maximum absolute atomic E-state index is 5.73. The van der Waals surface area contributed by atoms with Crippen LogP contribution in [0.15, 0.2) is 65.6 Å². The van der Waals surface area contributed by atoms with Gasteiger partial charge in [-0.1, -0.05) is 24.3 Å². The Kier molecular flexibility index (Phi) is 1.75. The van der Waals surface area contributed by atoms with E-state index >= 15 is 0 Å². The van der Waals surface area contributed by atoms with Crippen molar-refractivity contribution < 1.29 is 4.74 Å². The zero-order valence-electron chi connectivity index (χ0n) is 8.26. The zero-order valence-corrected chi connectivity index (χ0v) is 8.26. The first kappa shape index (κ1) is 8.48. The normalized spacial score (nSPS) is 40.8. The Labute approximate surface area is 88.7 Å². The molecule has 4 rings (SSSR count). The summed E-state index contributed by atoms with van der Waals surface area (Å²) in [6.45, 7) is 0. The largest absolute Gasteiger partial charge is 0.477 e. The number of aliphatic imine (C=N–C) groups is 1. The summed E-state index contributed by atoms with van der Waals surface area (Å²) in [7, 11) is 0. The van der Waals surface area contributed by atoms with Crippen molar-refractivity contribution >= 4 is 5.71 Å². The van der Waals surface area contributed by atoms with Crippen LogP contribution in [-0.2, 0) is 4.74 Å². The minimum absolute atomic E-state index is 0.296. The minimum atomic E-state index is -0.296. The summed E-state index contributed by atoms with van der Waals surface area (Å²) < 4.78 is 5.73. The lowest BCUT2D eigenvalue weighted by molar-refractivity contribution is 0.0589. The molecule has 0 aromatic rings. The molecule has 0 aromatic carbocycles. The fraction of sp³-hybridized carbons (Fsp3) is 0.154. The molecule has 0 N–H and O–H groups in total. The van der Waals surface area contributed by atoms with Gasteiger partial charge < -0.3 is 4.74 Å². The number of allylic oxidation sites excluding steroid dienone is 5. The SMILES string of the molecule is C1=CC2=CC(C3=N/C=C\C=C/C=C\3)(C1)O2. The summed E-state index contributed by atoms with van der Waals surface area (Å²) in [4.78, 5) is 4.41. The van der Waals surface area contributed by atoms with E-state index in [2.05, 4.69) is 17.1 Å². The number of hydrogen-bond acceptors (Lipinski definition) is 2. The Balaban J connectivity index is 1.95. The number of fused-ring (bicyclic) bond motifs is 1. The van der Waals surface area contributed by atoms with E-state index < -0.39 is 0 Å². The van der Waals surface area contributed by atoms with E-state index in [-0.39, 0.29) is 5.60 Å². The van der Waals surface area contributed by atoms with Gasteiger partial charge in [0.25, 0.3) is 0 Å². The molecule has 0 saturated carbocycles. The maximum atomic E-state index is 5.73. The highest BCUT2D eigenvalue weighted by Crippen LogP contribution is 2.39. The molecule has 3 heterocycles. The highest BCUT2D eigenvalue weighted by atomic mass is 16.5. The van der Waals surface area contributed by atoms with Crippen LogP contribution in [0.5, 0.6) is 0 Å². The molecule has 2 nitrogen and oxygen atoms in total. The number of rotatable bonds is 1. The van der Waals surface area contributed by atoms with Gasteiger partial charge in [0.1, 0.15) is 5.76 Å². The third-order valence-corrected chi connectivity index (χ3v) is 2.70. The zero-order chi connectivity index (χ0) is 10.1. The average molecular weight is 197 g/mol. The minimum Gasteiger partial charge on any atom is -0.477 e. The van der Waals surface area contributed by atoms with Crippen LogP contribution in [-0.4, -0.2) is 11.3 Å². The van der Waals surface area contributed by atoms with Crippen LogP contribution in [0.2, 0.25) is 0 Å². The second kappa shape index (κ2) is 3.09. The summed E-state index contributed by atoms with van der Waals surface area (Å²) in [6.07, 6.45) is 18.8. The molecular weight excluding hydrogens is 186 g/mol. The summed E-state index contributed by atoms with van der Waals surface area (Å²) in [5.41, 5.74) is 0.673. The van der Waals surface area contributed by atoms with E-state index in [0.717, 1.165) is 17.9 Å². The van der Waals surface area contributed by atoms with E-state index in [9.17, 15) is 0 Å². The van der Waals surface area contributed by atoms with Crippen LogP contribution in [0, 0.1) is 0 Å². The van der Waals surface area contributed by atoms with Crippen molar-refractivity contribution in [2.75, 3.05) is 0 Å². The molecule has 3 aliphatic heterocycles. The molecule has 4 aliphatic rings. The second-order valence-electron chi connectivity index (χ2n) is 3.74. The van der Waals surface area contributed by atoms with Gasteiger partial charge in [-0.05, 0) is 18.2 Å². The fourth-order valence-electron chi connectivity index (χ4n) is 1.95. The first-order valence-corrected chi connectivity index (χ1v) is 5.06. The lowest BCUT2D eigenvalue weighted by Crippen LogP contribution is -2.46. The van der Waals surface area contributed by atoms with Crippen LogP contribution in [0.25, 0.3) is 0 Å². The van der Waals surface area contributed by atoms with Gasteiger partial charge >= 0.3 is 0 Å². The molecule has 1 atom stereocenters. The van der Waals surface area contributed by atoms with Crippen molar-refractivity contribution in [2.24, 2.45) is 4.99 Å². The van der Waals surface area contributed by atoms with E-state index in [0.29, 0.717) is 0 Å². The van der Waals surface area contributed by atoms with Crippen LogP contribution in [0.3, 0.4) is 0 Å². The van der Waals surface area contributed by atoms with Crippen molar-refractivity contribution in [3.63, 3.8) is 0 Å². The van der Waals surface area contributed by atoms with Crippen LogP contribution < -0.4 is 0 Å². The predicted molar refractivity (Wildman–Crippen MR) is 60.5 cm³/mol. The fourth-order valence-corrected chi connectivity index (χ4v) is 1.95. The highest BCUT2D eigenvalue weighted by Gasteiger charge is 2.43. The molecule has 74 valence electrons. The van der Waals surface area contributed by atoms with Gasteiger partial charge in [-0.15, -0.1) is 0 Å². The molecule has 15 heavy (non-hydrogen) atoms. The number of ether oxygens (including phenoxy) is 1. The Bertz CT molecular complexity index is 459. The lowest BCUT2D eigenvalue weighted by Gasteiger charge is -2.41. The van der Waals surface area contributed by atoms with Crippen LogP contribution >= 0.6 is 0 Å². The second-order valence-corrected chi connectivity index (χ2v) is 3.74. The van der Waals surface area contributed by atoms with Gasteiger partial charge in [0.15, 0.2) is 5.60 Å². The number of hydrogen-bond donors (Lipinski definition) is 0. The van der Waals surface area contributed by atoms with Gasteiger partial charge in [-0.3, -0.25) is 4.99 Å². The van der Waals surface area contributed by atoms with Crippen molar-refractivity contribution in [1.29, 1.82) is 0 Å². The van der Waals surface area contributed by atoms with Gasteiger partial charge in [-0.2, -0.15) is 0 Å². The molecule has 0 radical (unpaired) electrons. The molecule has 0 saturated heterocycles. The average Bonchev–Trinajstić information content (AvgIpc) is 2.16. The van der Waals surface area contributed by atoms with Crippen molar-refractivity contribution in [3.05, 3.63) is 60.6 Å². The first-order chi connectivity index (χ1) is 7.39. The van der Waals surface area contributed by atoms with Gasteiger partial charge in [-0.25, -0.2) is 0 Å². The molecule has 0 spiro atoms. The van der Waals surface area contributed by atoms with Crippen molar-refractivity contribution in [2.45, 2.75) is 12.0 Å². The summed E-state index contributed by atoms with van der Waals surface area (Å²) in [6, 6.07) is 0. The summed E-state index contributed by atoms with van der Waals surface area (Å²) in [5, 5.41) is 0. The third kappa shape index (κ3) is 1.30. The maximum Gasteiger partial charge on any atom is 0.176 e. The number of nitrogens with zero attached hydrogens (tertiary/aromatic N) is 1. The quantitative estimate of drug-likeness (QED) is 0.633. The summed E-state index contributed by atoms with van der Waals surface area (Å²) in [5.74, 6) is 0.957. The van der Waals surface area contributed by atoms with E-state index in [4.69, 9.17) is 4.74 Å². The Morgan fingerprint density at radius 2 is 2.00 bits per heavy atom. The van der Waals surface area contributed by atoms with Gasteiger partial charge in [0.2, 0.25) is 0 Å². The summed E-state index contributed by atoms with van der Waals surface area (Å²) >= 11 is 0. The van der Waals surface area contributed by atoms with Crippen molar-refractivity contribution in [3.8, 4) is 0 Å². The van der Waals surface area contributed by atoms with E-state index in [1.165, 1.54) is 0 Å². The molecule has 0 fully saturated rings. The molecule has 2 heteroatoms. The van der Waals surface area contributed by atoms with Gasteiger partial charge in [0.05, 0.1) is 5.71 Å². The topological polar surface area (TPSA) is 21.6 Å². The Hall–Kier alpha value is -1.83. The smallest absolute Gasteiger partial charge is 0.176 e. The van der Waals surface area contributed by atoms with Crippen LogP contribution in [0.1, 0.15) is 6.42 Å². The molecular formula is C13H11NO. The third-order valence-electron chi connectivity index (χ3n) is 2.70. The molecule has 2 bridgehead atoms. The monoisotopic (exact) mass is 197 g/mol. The Morgan fingerprint density at radius 3 is 2.80 bits per heavy atom. The lowest BCUT2D eigenvalue weighted by atomic mass is 9.84. The highest BCUT2D eigenvalue weighted by molar-refractivity contribution is 6.05. The Morgan fingerprint density at radius 1 is 1.13 bits per heavy atom. The van der Waals surface area contributed by atoms with Crippen LogP contribution in [0.4, 0.5) is 0 Å². The van der Waals surface area contributed by atoms with Gasteiger partial charge in [0, 0.05) is 18.7 Å². The predicted octanol–water partition coefficient (Wildman–Crippen LogP) is 2.68. The standard InChI is InChI=1S/C13H11NO/c1-2-4-9-14-12(7-3-1)13-8-5-6-11(10-13)15-13/h1-7,9-10H,8H2/b2-1-,3-1?,4-2?,7-3-,9-4-,12-7?,14-9?,14-12+. The molecule has 1 aliphatic carbocycles. The molecule has 0 amide bonds. The van der Waals surface area contributed by atoms with E-state index in [1.54, 1.807) is 6.20 Å². The first-order valence-electron chi connectivity index (χ1n) is 5.06. The van der Waals surface area contributed by atoms with E-state index in [1.807, 2.05) is 36.5 Å². The van der Waals surface area contributed by atoms with Crippen molar-refractivity contribution in [1.82, 2.24) is 0 Å². The molecule has 0 aromatic heterocycles. The molecule has 1 unspecified atom stereocenters.